The number of hydrogen-bond donors (Lipinski definition) is 0. The van der Waals surface area contributed by atoms with Crippen molar-refractivity contribution < 1.29 is 22.0 Å². The topological polar surface area (TPSA) is 36.7 Å². The zero-order valence-electron chi connectivity index (χ0n) is 7.02. The van der Waals surface area contributed by atoms with Crippen LogP contribution in [0.25, 0.3) is 0 Å². The van der Waals surface area contributed by atoms with Gasteiger partial charge in [0.15, 0.2) is 5.69 Å². The molecule has 0 spiro atoms. The molecule has 0 unspecified atom stereocenters. The Balaban J connectivity index is 3.50. The monoisotopic (exact) mass is 222 g/mol. The molecular formula is C8H3F5N2. The second-order valence-corrected chi connectivity index (χ2v) is 2.53. The predicted molar refractivity (Wildman–Crippen MR) is 38.9 cm³/mol. The lowest BCUT2D eigenvalue weighted by Crippen LogP contribution is -2.13. The molecular weight excluding hydrogens is 219 g/mol. The first kappa shape index (κ1) is 11.4. The molecule has 0 atom stereocenters. The zero-order chi connectivity index (χ0) is 11.6. The highest BCUT2D eigenvalue weighted by Crippen LogP contribution is 2.37. The van der Waals surface area contributed by atoms with E-state index in [-0.39, 0.29) is 0 Å². The Hall–Kier alpha value is -1.71. The number of rotatable bonds is 1. The smallest absolute Gasteiger partial charge is 0.245 e. The summed E-state index contributed by atoms with van der Waals surface area (Å²) < 4.78 is 61.5. The van der Waals surface area contributed by atoms with Gasteiger partial charge in [-0.05, 0) is 6.07 Å². The molecule has 0 aliphatic heterocycles. The van der Waals surface area contributed by atoms with Crippen LogP contribution >= 0.6 is 0 Å². The van der Waals surface area contributed by atoms with Crippen LogP contribution in [0, 0.1) is 11.3 Å². The van der Waals surface area contributed by atoms with E-state index in [0.717, 1.165) is 12.3 Å². The van der Waals surface area contributed by atoms with E-state index in [4.69, 9.17) is 5.26 Å². The molecule has 0 amide bonds. The summed E-state index contributed by atoms with van der Waals surface area (Å²) in [6.45, 7) is 0. The van der Waals surface area contributed by atoms with Gasteiger partial charge in [-0.25, -0.2) is 13.8 Å². The third-order valence-corrected chi connectivity index (χ3v) is 1.61. The van der Waals surface area contributed by atoms with Gasteiger partial charge in [-0.2, -0.15) is 18.4 Å². The van der Waals surface area contributed by atoms with Gasteiger partial charge in [0.1, 0.15) is 11.6 Å². The van der Waals surface area contributed by atoms with Gasteiger partial charge < -0.3 is 0 Å². The molecule has 0 bridgehead atoms. The summed E-state index contributed by atoms with van der Waals surface area (Å²) in [5.41, 5.74) is -3.93. The molecule has 0 aromatic carbocycles. The molecule has 1 heterocycles. The highest BCUT2D eigenvalue weighted by atomic mass is 19.4. The van der Waals surface area contributed by atoms with Crippen molar-refractivity contribution in [2.75, 3.05) is 0 Å². The predicted octanol–water partition coefficient (Wildman–Crippen LogP) is 2.91. The van der Waals surface area contributed by atoms with Crippen molar-refractivity contribution in [3.63, 3.8) is 0 Å². The van der Waals surface area contributed by atoms with Crippen molar-refractivity contribution in [1.82, 2.24) is 4.98 Å². The molecule has 0 saturated carbocycles. The van der Waals surface area contributed by atoms with Crippen molar-refractivity contribution in [3.8, 4) is 6.07 Å². The number of aromatic nitrogens is 1. The van der Waals surface area contributed by atoms with E-state index in [1.165, 1.54) is 0 Å². The lowest BCUT2D eigenvalue weighted by atomic mass is 10.1. The molecule has 0 aliphatic carbocycles. The average molecular weight is 222 g/mol. The summed E-state index contributed by atoms with van der Waals surface area (Å²) in [7, 11) is 0. The van der Waals surface area contributed by atoms with E-state index in [1.807, 2.05) is 0 Å². The van der Waals surface area contributed by atoms with Crippen molar-refractivity contribution in [2.45, 2.75) is 12.6 Å². The maximum absolute atomic E-state index is 12.3. The summed E-state index contributed by atoms with van der Waals surface area (Å²) in [5, 5.41) is 8.33. The van der Waals surface area contributed by atoms with E-state index in [2.05, 4.69) is 4.98 Å². The second-order valence-electron chi connectivity index (χ2n) is 2.53. The third-order valence-electron chi connectivity index (χ3n) is 1.61. The molecule has 0 saturated heterocycles. The fraction of sp³-hybridized carbons (Fsp3) is 0.250. The van der Waals surface area contributed by atoms with E-state index >= 15 is 0 Å². The number of alkyl halides is 5. The molecule has 0 fully saturated rings. The minimum Gasteiger partial charge on any atom is -0.245 e. The highest BCUT2D eigenvalue weighted by Gasteiger charge is 2.39. The maximum Gasteiger partial charge on any atom is 0.419 e. The lowest BCUT2D eigenvalue weighted by molar-refractivity contribution is -0.140. The van der Waals surface area contributed by atoms with Crippen LogP contribution in [0.3, 0.4) is 0 Å². The van der Waals surface area contributed by atoms with Crippen LogP contribution in [-0.4, -0.2) is 4.98 Å². The minimum atomic E-state index is -5.01. The van der Waals surface area contributed by atoms with Gasteiger partial charge in [0.05, 0.1) is 0 Å². The van der Waals surface area contributed by atoms with Crippen LogP contribution in [0.15, 0.2) is 12.3 Å². The van der Waals surface area contributed by atoms with Crippen molar-refractivity contribution in [3.05, 3.63) is 29.1 Å². The quantitative estimate of drug-likeness (QED) is 0.685. The fourth-order valence-electron chi connectivity index (χ4n) is 1.04. The van der Waals surface area contributed by atoms with Gasteiger partial charge in [-0.15, -0.1) is 0 Å². The summed E-state index contributed by atoms with van der Waals surface area (Å²) in [6, 6.07) is 1.68. The summed E-state index contributed by atoms with van der Waals surface area (Å²) in [6.07, 6.45) is -7.56. The molecule has 0 aliphatic rings. The first-order valence-electron chi connectivity index (χ1n) is 3.62. The Labute approximate surface area is 81.0 Å². The van der Waals surface area contributed by atoms with Crippen LogP contribution < -0.4 is 0 Å². The molecule has 1 aromatic rings. The van der Waals surface area contributed by atoms with E-state index in [0.29, 0.717) is 6.07 Å². The first-order chi connectivity index (χ1) is 6.88. The van der Waals surface area contributed by atoms with E-state index in [9.17, 15) is 22.0 Å². The molecule has 2 nitrogen and oxygen atoms in total. The molecule has 15 heavy (non-hydrogen) atoms. The van der Waals surface area contributed by atoms with Crippen LogP contribution in [0.5, 0.6) is 0 Å². The average Bonchev–Trinajstić information content (AvgIpc) is 2.15. The second kappa shape index (κ2) is 3.81. The normalized spacial score (nSPS) is 11.5. The summed E-state index contributed by atoms with van der Waals surface area (Å²) >= 11 is 0. The number of pyridine rings is 1. The molecule has 80 valence electrons. The van der Waals surface area contributed by atoms with Crippen LogP contribution in [0.4, 0.5) is 22.0 Å². The van der Waals surface area contributed by atoms with Gasteiger partial charge in [0.25, 0.3) is 6.43 Å². The maximum atomic E-state index is 12.3. The number of nitrogens with zero attached hydrogens (tertiary/aromatic N) is 2. The van der Waals surface area contributed by atoms with E-state index in [1.54, 1.807) is 0 Å². The fourth-order valence-corrected chi connectivity index (χ4v) is 1.04. The largest absolute Gasteiger partial charge is 0.419 e. The van der Waals surface area contributed by atoms with Gasteiger partial charge in [0, 0.05) is 11.8 Å². The zero-order valence-corrected chi connectivity index (χ0v) is 7.02. The van der Waals surface area contributed by atoms with Gasteiger partial charge >= 0.3 is 6.18 Å². The number of hydrogen-bond acceptors (Lipinski definition) is 2. The minimum absolute atomic E-state index is 0.550. The molecule has 0 radical (unpaired) electrons. The van der Waals surface area contributed by atoms with Crippen molar-refractivity contribution in [2.24, 2.45) is 0 Å². The molecule has 1 rings (SSSR count). The van der Waals surface area contributed by atoms with Crippen molar-refractivity contribution >= 4 is 0 Å². The number of halogens is 5. The third kappa shape index (κ3) is 2.21. The first-order valence-corrected chi connectivity index (χ1v) is 3.62. The Morgan fingerprint density at radius 1 is 1.33 bits per heavy atom. The van der Waals surface area contributed by atoms with Crippen LogP contribution in [-0.2, 0) is 6.18 Å². The summed E-state index contributed by atoms with van der Waals surface area (Å²) in [4.78, 5) is 3.09. The summed E-state index contributed by atoms with van der Waals surface area (Å²) in [5.74, 6) is 0. The molecule has 0 N–H and O–H groups in total. The Morgan fingerprint density at radius 3 is 2.33 bits per heavy atom. The Bertz CT molecular complexity index is 404. The molecule has 7 heteroatoms. The SMILES string of the molecule is N#Cc1nccc(C(F)F)c1C(F)(F)F. The standard InChI is InChI=1S/C8H3F5N2/c9-7(10)4-1-2-15-5(3-14)6(4)8(11,12)13/h1-2,7H. The van der Waals surface area contributed by atoms with Gasteiger partial charge in [0.2, 0.25) is 0 Å². The lowest BCUT2D eigenvalue weighted by Gasteiger charge is -2.12. The van der Waals surface area contributed by atoms with Crippen LogP contribution in [0.1, 0.15) is 23.2 Å². The number of nitriles is 1. The highest BCUT2D eigenvalue weighted by molar-refractivity contribution is 5.40. The van der Waals surface area contributed by atoms with Gasteiger partial charge in [-0.3, -0.25) is 0 Å². The van der Waals surface area contributed by atoms with Gasteiger partial charge in [-0.1, -0.05) is 0 Å². The van der Waals surface area contributed by atoms with Crippen molar-refractivity contribution in [1.29, 1.82) is 5.26 Å². The Morgan fingerprint density at radius 2 is 1.93 bits per heavy atom. The molecule has 1 aromatic heterocycles. The van der Waals surface area contributed by atoms with E-state index < -0.39 is 29.4 Å². The Kier molecular flexibility index (Phi) is 2.88. The van der Waals surface area contributed by atoms with Crippen LogP contribution in [0.2, 0.25) is 0 Å².